The monoisotopic (exact) mass is 433 g/mol. The van der Waals surface area contributed by atoms with Crippen LogP contribution in [0.5, 0.6) is 0 Å². The maximum atomic E-state index is 12.8. The molecular formula is C20H24ClN5O2S. The van der Waals surface area contributed by atoms with Gasteiger partial charge in [0.2, 0.25) is 5.91 Å². The van der Waals surface area contributed by atoms with E-state index in [1.807, 2.05) is 30.0 Å². The molecule has 9 heteroatoms. The summed E-state index contributed by atoms with van der Waals surface area (Å²) < 4.78 is 0. The zero-order chi connectivity index (χ0) is 20.8. The third kappa shape index (κ3) is 5.79. The van der Waals surface area contributed by atoms with Crippen LogP contribution in [0.25, 0.3) is 0 Å². The number of anilines is 2. The molecule has 0 unspecified atom stereocenters. The zero-order valence-corrected chi connectivity index (χ0v) is 17.9. The smallest absolute Gasteiger partial charge is 0.273 e. The van der Waals surface area contributed by atoms with Crippen LogP contribution >= 0.6 is 22.9 Å². The Morgan fingerprint density at radius 2 is 2.07 bits per heavy atom. The number of amides is 2. The highest BCUT2D eigenvalue weighted by atomic mass is 35.5. The van der Waals surface area contributed by atoms with Gasteiger partial charge in [0.15, 0.2) is 5.13 Å². The number of hydrogen-bond donors (Lipinski definition) is 2. The predicted octanol–water partition coefficient (Wildman–Crippen LogP) is 2.91. The number of halogens is 1. The van der Waals surface area contributed by atoms with Crippen molar-refractivity contribution >= 4 is 45.6 Å². The summed E-state index contributed by atoms with van der Waals surface area (Å²) >= 11 is 7.44. The number of benzene rings is 1. The number of carbonyl (C=O) groups is 2. The predicted molar refractivity (Wildman–Crippen MR) is 117 cm³/mol. The van der Waals surface area contributed by atoms with Crippen molar-refractivity contribution in [2.24, 2.45) is 0 Å². The van der Waals surface area contributed by atoms with Crippen LogP contribution in [0.15, 0.2) is 36.2 Å². The maximum Gasteiger partial charge on any atom is 0.273 e. The second kappa shape index (κ2) is 9.87. The average molecular weight is 434 g/mol. The van der Waals surface area contributed by atoms with Gasteiger partial charge in [-0.25, -0.2) is 4.98 Å². The summed E-state index contributed by atoms with van der Waals surface area (Å²) in [7, 11) is 0. The van der Waals surface area contributed by atoms with Crippen molar-refractivity contribution in [3.8, 4) is 0 Å². The van der Waals surface area contributed by atoms with Crippen molar-refractivity contribution in [3.63, 3.8) is 0 Å². The molecule has 1 aromatic heterocycles. The topological polar surface area (TPSA) is 77.6 Å². The van der Waals surface area contributed by atoms with Gasteiger partial charge in [0.25, 0.3) is 5.91 Å². The largest absolute Gasteiger partial charge is 0.352 e. The van der Waals surface area contributed by atoms with Crippen molar-refractivity contribution in [2.45, 2.75) is 6.92 Å². The molecule has 2 N–H and O–H groups in total. The second-order valence-electron chi connectivity index (χ2n) is 6.78. The highest BCUT2D eigenvalue weighted by Gasteiger charge is 2.24. The summed E-state index contributed by atoms with van der Waals surface area (Å²) in [4.78, 5) is 32.8. The van der Waals surface area contributed by atoms with Crippen LogP contribution in [0.2, 0.25) is 5.02 Å². The van der Waals surface area contributed by atoms with Crippen molar-refractivity contribution in [2.75, 3.05) is 44.6 Å². The fraction of sp³-hybridized carbons (Fsp3) is 0.350. The van der Waals surface area contributed by atoms with Crippen molar-refractivity contribution in [1.82, 2.24) is 20.1 Å². The summed E-state index contributed by atoms with van der Waals surface area (Å²) in [5, 5.41) is 9.05. The van der Waals surface area contributed by atoms with E-state index in [0.29, 0.717) is 55.1 Å². The normalized spacial score (nSPS) is 14.5. The van der Waals surface area contributed by atoms with Crippen LogP contribution in [0.4, 0.5) is 10.8 Å². The molecule has 0 aliphatic carbocycles. The lowest BCUT2D eigenvalue weighted by molar-refractivity contribution is -0.122. The second-order valence-corrected chi connectivity index (χ2v) is 8.08. The first-order chi connectivity index (χ1) is 14.0. The summed E-state index contributed by atoms with van der Waals surface area (Å²) in [6.07, 6.45) is 1.65. The first kappa shape index (κ1) is 21.3. The van der Waals surface area contributed by atoms with E-state index < -0.39 is 0 Å². The van der Waals surface area contributed by atoms with Crippen LogP contribution in [0, 0.1) is 6.92 Å². The van der Waals surface area contributed by atoms with Gasteiger partial charge in [0.05, 0.1) is 6.54 Å². The fourth-order valence-corrected chi connectivity index (χ4v) is 3.86. The molecule has 154 valence electrons. The number of thiazole rings is 1. The van der Waals surface area contributed by atoms with Crippen LogP contribution < -0.4 is 10.6 Å². The van der Waals surface area contributed by atoms with Gasteiger partial charge >= 0.3 is 0 Å². The molecule has 1 aliphatic rings. The Balaban J connectivity index is 1.53. The zero-order valence-electron chi connectivity index (χ0n) is 16.3. The van der Waals surface area contributed by atoms with Gasteiger partial charge in [0, 0.05) is 48.8 Å². The number of aromatic nitrogens is 1. The van der Waals surface area contributed by atoms with E-state index in [2.05, 4.69) is 22.2 Å². The summed E-state index contributed by atoms with van der Waals surface area (Å²) in [5.74, 6) is -0.121. The van der Waals surface area contributed by atoms with Crippen molar-refractivity contribution in [3.05, 3.63) is 52.5 Å². The van der Waals surface area contributed by atoms with Gasteiger partial charge in [-0.2, -0.15) is 0 Å². The quantitative estimate of drug-likeness (QED) is 0.656. The number of rotatable bonds is 7. The summed E-state index contributed by atoms with van der Waals surface area (Å²) in [6.45, 7) is 8.82. The maximum absolute atomic E-state index is 12.8. The molecule has 0 radical (unpaired) electrons. The van der Waals surface area contributed by atoms with E-state index >= 15 is 0 Å². The summed E-state index contributed by atoms with van der Waals surface area (Å²) in [6, 6.07) is 5.60. The third-order valence-electron chi connectivity index (χ3n) is 4.63. The highest BCUT2D eigenvalue weighted by molar-refractivity contribution is 7.14. The standard InChI is InChI=1S/C20H24ClN5O2S/c1-3-6-22-18(27)12-25-7-9-26(10-8-25)19(28)17-13-29-20(24-17)23-16-11-15(21)5-4-14(16)2/h3-5,11,13H,1,6-10,12H2,2H3,(H,22,27)(H,23,24). The minimum absolute atomic E-state index is 0.0313. The van der Waals surface area contributed by atoms with E-state index in [0.717, 1.165) is 11.3 Å². The molecule has 3 rings (SSSR count). The SMILES string of the molecule is C=CCNC(=O)CN1CCN(C(=O)c2csc(Nc3cc(Cl)ccc3C)n2)CC1. The van der Waals surface area contributed by atoms with Gasteiger partial charge in [-0.15, -0.1) is 17.9 Å². The molecule has 2 amide bonds. The molecule has 1 saturated heterocycles. The Bertz CT molecular complexity index is 893. The molecule has 2 heterocycles. The van der Waals surface area contributed by atoms with Crippen molar-refractivity contribution in [1.29, 1.82) is 0 Å². The Kier molecular flexibility index (Phi) is 7.24. The van der Waals surface area contributed by atoms with Crippen LogP contribution in [0.1, 0.15) is 16.1 Å². The number of piperazine rings is 1. The number of carbonyl (C=O) groups excluding carboxylic acids is 2. The van der Waals surface area contributed by atoms with E-state index in [4.69, 9.17) is 11.6 Å². The highest BCUT2D eigenvalue weighted by Crippen LogP contribution is 2.26. The molecular weight excluding hydrogens is 410 g/mol. The van der Waals surface area contributed by atoms with E-state index in [1.54, 1.807) is 16.4 Å². The van der Waals surface area contributed by atoms with Crippen molar-refractivity contribution < 1.29 is 9.59 Å². The molecule has 29 heavy (non-hydrogen) atoms. The minimum atomic E-state index is -0.0899. The van der Waals surface area contributed by atoms with Crippen LogP contribution in [0.3, 0.4) is 0 Å². The van der Waals surface area contributed by atoms with Gasteiger partial charge in [-0.1, -0.05) is 23.7 Å². The average Bonchev–Trinajstić information content (AvgIpc) is 3.18. The van der Waals surface area contributed by atoms with Gasteiger partial charge < -0.3 is 15.5 Å². The first-order valence-corrected chi connectivity index (χ1v) is 10.6. The van der Waals surface area contributed by atoms with Gasteiger partial charge in [-0.05, 0) is 24.6 Å². The molecule has 0 saturated carbocycles. The fourth-order valence-electron chi connectivity index (χ4n) is 2.99. The summed E-state index contributed by atoms with van der Waals surface area (Å²) in [5.41, 5.74) is 2.34. The van der Waals surface area contributed by atoms with E-state index in [1.165, 1.54) is 11.3 Å². The van der Waals surface area contributed by atoms with E-state index in [-0.39, 0.29) is 11.8 Å². The number of nitrogens with zero attached hydrogens (tertiary/aromatic N) is 3. The number of aryl methyl sites for hydroxylation is 1. The minimum Gasteiger partial charge on any atom is -0.352 e. The Hall–Kier alpha value is -2.42. The molecule has 1 fully saturated rings. The number of hydrogen-bond acceptors (Lipinski definition) is 6. The Labute approximate surface area is 179 Å². The van der Waals surface area contributed by atoms with Gasteiger partial charge in [0.1, 0.15) is 5.69 Å². The molecule has 1 aliphatic heterocycles. The third-order valence-corrected chi connectivity index (χ3v) is 5.63. The molecule has 7 nitrogen and oxygen atoms in total. The molecule has 0 spiro atoms. The number of nitrogens with one attached hydrogen (secondary N) is 2. The molecule has 0 bridgehead atoms. The van der Waals surface area contributed by atoms with Crippen LogP contribution in [-0.2, 0) is 4.79 Å². The Morgan fingerprint density at radius 1 is 1.31 bits per heavy atom. The molecule has 1 aromatic carbocycles. The lowest BCUT2D eigenvalue weighted by atomic mass is 10.2. The van der Waals surface area contributed by atoms with Crippen LogP contribution in [-0.4, -0.2) is 65.9 Å². The van der Waals surface area contributed by atoms with Gasteiger partial charge in [-0.3, -0.25) is 14.5 Å². The molecule has 0 atom stereocenters. The molecule has 2 aromatic rings. The Morgan fingerprint density at radius 3 is 2.79 bits per heavy atom. The van der Waals surface area contributed by atoms with E-state index in [9.17, 15) is 9.59 Å². The first-order valence-electron chi connectivity index (χ1n) is 9.34. The lowest BCUT2D eigenvalue weighted by Gasteiger charge is -2.33. The lowest BCUT2D eigenvalue weighted by Crippen LogP contribution is -2.51.